The molecule has 0 bridgehead atoms. The molecule has 2 heterocycles. The summed E-state index contributed by atoms with van der Waals surface area (Å²) in [6.45, 7) is 8.40. The van der Waals surface area contributed by atoms with Crippen LogP contribution in [0.5, 0.6) is 0 Å². The number of H-pyrrole nitrogens is 1. The molecule has 1 aliphatic rings. The minimum Gasteiger partial charge on any atom is -0.377 e. The standard InChI is InChI=1S/C15H24N4O4/c1-12(2)23-10-9-17-5-7-18(8-6-17)14(21)11-19-4-3-13(20)16-15(19)22/h3-4,12H,5-11H2,1-2H3,(H,16,20,22). The van der Waals surface area contributed by atoms with Crippen LogP contribution in [0.1, 0.15) is 13.8 Å². The van der Waals surface area contributed by atoms with E-state index in [1.807, 2.05) is 13.8 Å². The number of rotatable bonds is 6. The Hall–Kier alpha value is -1.93. The van der Waals surface area contributed by atoms with Crippen LogP contribution in [-0.4, -0.2) is 70.7 Å². The first kappa shape index (κ1) is 17.4. The summed E-state index contributed by atoms with van der Waals surface area (Å²) in [6.07, 6.45) is 1.58. The Morgan fingerprint density at radius 3 is 2.57 bits per heavy atom. The van der Waals surface area contributed by atoms with Crippen molar-refractivity contribution < 1.29 is 9.53 Å². The average molecular weight is 324 g/mol. The summed E-state index contributed by atoms with van der Waals surface area (Å²) in [5.74, 6) is -0.114. The zero-order chi connectivity index (χ0) is 16.8. The van der Waals surface area contributed by atoms with Gasteiger partial charge in [-0.2, -0.15) is 0 Å². The average Bonchev–Trinajstić information content (AvgIpc) is 2.50. The molecule has 1 N–H and O–H groups in total. The predicted molar refractivity (Wildman–Crippen MR) is 85.4 cm³/mol. The van der Waals surface area contributed by atoms with Crippen LogP contribution in [-0.2, 0) is 16.1 Å². The number of hydrogen-bond acceptors (Lipinski definition) is 5. The molecule has 0 saturated carbocycles. The molecule has 0 spiro atoms. The van der Waals surface area contributed by atoms with E-state index < -0.39 is 11.2 Å². The van der Waals surface area contributed by atoms with Crippen LogP contribution in [0.3, 0.4) is 0 Å². The molecule has 0 radical (unpaired) electrons. The van der Waals surface area contributed by atoms with E-state index in [1.54, 1.807) is 4.90 Å². The zero-order valence-corrected chi connectivity index (χ0v) is 13.7. The van der Waals surface area contributed by atoms with Crippen molar-refractivity contribution in [1.29, 1.82) is 0 Å². The highest BCUT2D eigenvalue weighted by Gasteiger charge is 2.21. The fourth-order valence-electron chi connectivity index (χ4n) is 2.45. The highest BCUT2D eigenvalue weighted by Crippen LogP contribution is 2.03. The Bertz CT molecular complexity index is 629. The maximum atomic E-state index is 12.2. The van der Waals surface area contributed by atoms with Gasteiger partial charge in [0.25, 0.3) is 5.56 Å². The summed E-state index contributed by atoms with van der Waals surface area (Å²) in [4.78, 5) is 41.0. The molecule has 1 aliphatic heterocycles. The van der Waals surface area contributed by atoms with Crippen LogP contribution >= 0.6 is 0 Å². The lowest BCUT2D eigenvalue weighted by molar-refractivity contribution is -0.133. The number of aromatic nitrogens is 2. The molecular weight excluding hydrogens is 300 g/mol. The molecular formula is C15H24N4O4. The summed E-state index contributed by atoms with van der Waals surface area (Å²) in [5, 5.41) is 0. The number of carbonyl (C=O) groups excluding carboxylic acids is 1. The zero-order valence-electron chi connectivity index (χ0n) is 13.7. The highest BCUT2D eigenvalue weighted by molar-refractivity contribution is 5.76. The Labute approximate surface area is 134 Å². The third-order valence-electron chi connectivity index (χ3n) is 3.79. The van der Waals surface area contributed by atoms with Gasteiger partial charge >= 0.3 is 5.69 Å². The maximum Gasteiger partial charge on any atom is 0.328 e. The molecule has 0 atom stereocenters. The van der Waals surface area contributed by atoms with Crippen LogP contribution in [0.4, 0.5) is 0 Å². The van der Waals surface area contributed by atoms with Crippen molar-refractivity contribution in [3.05, 3.63) is 33.1 Å². The summed E-state index contributed by atoms with van der Waals surface area (Å²) in [5.41, 5.74) is -1.02. The third-order valence-corrected chi connectivity index (χ3v) is 3.79. The van der Waals surface area contributed by atoms with E-state index >= 15 is 0 Å². The molecule has 1 aromatic heterocycles. The van der Waals surface area contributed by atoms with Gasteiger partial charge in [0.05, 0.1) is 12.7 Å². The Balaban J connectivity index is 1.79. The van der Waals surface area contributed by atoms with Gasteiger partial charge in [-0.05, 0) is 13.8 Å². The van der Waals surface area contributed by atoms with E-state index in [0.717, 1.165) is 19.6 Å². The SMILES string of the molecule is CC(C)OCCN1CCN(C(=O)Cn2ccc(=O)[nH]c2=O)CC1. The topological polar surface area (TPSA) is 87.6 Å². The van der Waals surface area contributed by atoms with Gasteiger partial charge in [-0.25, -0.2) is 4.79 Å². The van der Waals surface area contributed by atoms with Crippen molar-refractivity contribution in [2.24, 2.45) is 0 Å². The second-order valence-corrected chi connectivity index (χ2v) is 5.88. The Kier molecular flexibility index (Phi) is 6.12. The number of carbonyl (C=O) groups is 1. The van der Waals surface area contributed by atoms with Gasteiger partial charge in [0.1, 0.15) is 6.54 Å². The van der Waals surface area contributed by atoms with E-state index in [2.05, 4.69) is 9.88 Å². The number of nitrogens with zero attached hydrogens (tertiary/aromatic N) is 3. The number of ether oxygens (including phenoxy) is 1. The molecule has 128 valence electrons. The van der Waals surface area contributed by atoms with E-state index in [0.29, 0.717) is 19.7 Å². The van der Waals surface area contributed by atoms with E-state index in [1.165, 1.54) is 16.8 Å². The first-order valence-corrected chi connectivity index (χ1v) is 7.87. The number of piperazine rings is 1. The second kappa shape index (κ2) is 8.07. The lowest BCUT2D eigenvalue weighted by atomic mass is 10.3. The molecule has 23 heavy (non-hydrogen) atoms. The quantitative estimate of drug-likeness (QED) is 0.733. The molecule has 0 aliphatic carbocycles. The van der Waals surface area contributed by atoms with Gasteiger partial charge in [0.2, 0.25) is 5.91 Å². The highest BCUT2D eigenvalue weighted by atomic mass is 16.5. The third kappa shape index (κ3) is 5.33. The Morgan fingerprint density at radius 2 is 1.96 bits per heavy atom. The molecule has 0 unspecified atom stereocenters. The van der Waals surface area contributed by atoms with Crippen LogP contribution in [0, 0.1) is 0 Å². The predicted octanol–water partition coefficient (Wildman–Crippen LogP) is -0.894. The Morgan fingerprint density at radius 1 is 1.26 bits per heavy atom. The van der Waals surface area contributed by atoms with Gasteiger partial charge in [0.15, 0.2) is 0 Å². The van der Waals surface area contributed by atoms with Crippen molar-refractivity contribution in [3.63, 3.8) is 0 Å². The van der Waals surface area contributed by atoms with E-state index in [-0.39, 0.29) is 18.6 Å². The van der Waals surface area contributed by atoms with Crippen LogP contribution in [0.15, 0.2) is 21.9 Å². The van der Waals surface area contributed by atoms with Gasteiger partial charge in [-0.1, -0.05) is 0 Å². The minimum atomic E-state index is -0.560. The number of amides is 1. The fourth-order valence-corrected chi connectivity index (χ4v) is 2.45. The normalized spacial score (nSPS) is 16.0. The van der Waals surface area contributed by atoms with Crippen LogP contribution < -0.4 is 11.2 Å². The smallest absolute Gasteiger partial charge is 0.328 e. The molecule has 1 amide bonds. The van der Waals surface area contributed by atoms with Crippen molar-refractivity contribution in [3.8, 4) is 0 Å². The van der Waals surface area contributed by atoms with Crippen LogP contribution in [0.25, 0.3) is 0 Å². The van der Waals surface area contributed by atoms with Crippen molar-refractivity contribution in [2.45, 2.75) is 26.5 Å². The van der Waals surface area contributed by atoms with Crippen molar-refractivity contribution >= 4 is 5.91 Å². The molecule has 8 heteroatoms. The molecule has 8 nitrogen and oxygen atoms in total. The minimum absolute atomic E-state index is 0.0495. The number of hydrogen-bond donors (Lipinski definition) is 1. The summed E-state index contributed by atoms with van der Waals surface area (Å²) in [7, 11) is 0. The molecule has 1 aromatic rings. The van der Waals surface area contributed by atoms with Gasteiger partial charge in [0, 0.05) is 45.0 Å². The molecule has 0 aromatic carbocycles. The monoisotopic (exact) mass is 324 g/mol. The number of aromatic amines is 1. The molecule has 2 rings (SSSR count). The van der Waals surface area contributed by atoms with Crippen molar-refractivity contribution in [2.75, 3.05) is 39.3 Å². The van der Waals surface area contributed by atoms with Crippen LogP contribution in [0.2, 0.25) is 0 Å². The second-order valence-electron chi connectivity index (χ2n) is 5.88. The van der Waals surface area contributed by atoms with Gasteiger partial charge in [-0.3, -0.25) is 24.0 Å². The molecule has 1 saturated heterocycles. The van der Waals surface area contributed by atoms with Gasteiger partial charge in [-0.15, -0.1) is 0 Å². The van der Waals surface area contributed by atoms with E-state index in [9.17, 15) is 14.4 Å². The van der Waals surface area contributed by atoms with Gasteiger partial charge < -0.3 is 9.64 Å². The number of nitrogens with one attached hydrogen (secondary N) is 1. The lowest BCUT2D eigenvalue weighted by Gasteiger charge is -2.34. The lowest BCUT2D eigenvalue weighted by Crippen LogP contribution is -2.50. The largest absolute Gasteiger partial charge is 0.377 e. The van der Waals surface area contributed by atoms with E-state index in [4.69, 9.17) is 4.74 Å². The van der Waals surface area contributed by atoms with Crippen molar-refractivity contribution in [1.82, 2.24) is 19.4 Å². The fraction of sp³-hybridized carbons (Fsp3) is 0.667. The first-order valence-electron chi connectivity index (χ1n) is 7.87. The maximum absolute atomic E-state index is 12.2. The molecule has 1 fully saturated rings. The summed E-state index contributed by atoms with van der Waals surface area (Å²) in [6, 6.07) is 1.24. The first-order chi connectivity index (χ1) is 11.0. The summed E-state index contributed by atoms with van der Waals surface area (Å²) < 4.78 is 6.75. The summed E-state index contributed by atoms with van der Waals surface area (Å²) >= 11 is 0.